The van der Waals surface area contributed by atoms with E-state index >= 15 is 0 Å². The van der Waals surface area contributed by atoms with Crippen molar-refractivity contribution in [3.8, 4) is 5.75 Å². The fourth-order valence-electron chi connectivity index (χ4n) is 1.65. The SMILES string of the molecule is Cn1cc(CCOc2ccc(Br)c(C(=O)O)c2)cn1. The van der Waals surface area contributed by atoms with Gasteiger partial charge in [0.2, 0.25) is 0 Å². The number of nitrogens with zero attached hydrogens (tertiary/aromatic N) is 2. The number of carboxylic acid groups (broad SMARTS) is 1. The quantitative estimate of drug-likeness (QED) is 0.917. The van der Waals surface area contributed by atoms with E-state index in [-0.39, 0.29) is 5.56 Å². The number of benzene rings is 1. The summed E-state index contributed by atoms with van der Waals surface area (Å²) in [5, 5.41) is 13.1. The average molecular weight is 325 g/mol. The second kappa shape index (κ2) is 5.88. The number of carboxylic acids is 1. The fraction of sp³-hybridized carbons (Fsp3) is 0.231. The number of hydrogen-bond acceptors (Lipinski definition) is 3. The second-order valence-corrected chi connectivity index (χ2v) is 4.92. The summed E-state index contributed by atoms with van der Waals surface area (Å²) in [6, 6.07) is 4.91. The van der Waals surface area contributed by atoms with Crippen molar-refractivity contribution in [2.45, 2.75) is 6.42 Å². The Hall–Kier alpha value is -1.82. The normalized spacial score (nSPS) is 10.4. The first-order valence-electron chi connectivity index (χ1n) is 5.69. The van der Waals surface area contributed by atoms with E-state index in [0.717, 1.165) is 12.0 Å². The van der Waals surface area contributed by atoms with Crippen LogP contribution in [0.15, 0.2) is 35.1 Å². The number of carbonyl (C=O) groups is 1. The molecule has 0 aliphatic heterocycles. The van der Waals surface area contributed by atoms with Gasteiger partial charge in [0.05, 0.1) is 18.4 Å². The summed E-state index contributed by atoms with van der Waals surface area (Å²) in [4.78, 5) is 11.0. The summed E-state index contributed by atoms with van der Waals surface area (Å²) < 4.78 is 7.82. The zero-order chi connectivity index (χ0) is 13.8. The monoisotopic (exact) mass is 324 g/mol. The van der Waals surface area contributed by atoms with Gasteiger partial charge in [0.15, 0.2) is 0 Å². The molecule has 0 fully saturated rings. The molecule has 6 heteroatoms. The second-order valence-electron chi connectivity index (χ2n) is 4.07. The number of halogens is 1. The summed E-state index contributed by atoms with van der Waals surface area (Å²) in [5.74, 6) is -0.436. The maximum Gasteiger partial charge on any atom is 0.336 e. The van der Waals surface area contributed by atoms with Crippen molar-refractivity contribution < 1.29 is 14.6 Å². The Balaban J connectivity index is 1.96. The minimum Gasteiger partial charge on any atom is -0.493 e. The molecular weight excluding hydrogens is 312 g/mol. The van der Waals surface area contributed by atoms with E-state index in [2.05, 4.69) is 21.0 Å². The largest absolute Gasteiger partial charge is 0.493 e. The molecule has 0 radical (unpaired) electrons. The summed E-state index contributed by atoms with van der Waals surface area (Å²) in [7, 11) is 1.86. The Labute approximate surface area is 118 Å². The Morgan fingerprint density at radius 3 is 2.95 bits per heavy atom. The van der Waals surface area contributed by atoms with Gasteiger partial charge in [-0.2, -0.15) is 5.10 Å². The molecule has 0 saturated heterocycles. The van der Waals surface area contributed by atoms with Crippen molar-refractivity contribution in [2.75, 3.05) is 6.61 Å². The van der Waals surface area contributed by atoms with E-state index in [0.29, 0.717) is 16.8 Å². The molecule has 2 rings (SSSR count). The molecule has 1 N–H and O–H groups in total. The summed E-state index contributed by atoms with van der Waals surface area (Å²) in [5.41, 5.74) is 1.27. The van der Waals surface area contributed by atoms with Gasteiger partial charge < -0.3 is 9.84 Å². The zero-order valence-corrected chi connectivity index (χ0v) is 11.9. The van der Waals surface area contributed by atoms with Gasteiger partial charge in [-0.25, -0.2) is 4.79 Å². The number of aromatic nitrogens is 2. The van der Waals surface area contributed by atoms with Gasteiger partial charge in [0, 0.05) is 24.1 Å². The number of ether oxygens (including phenoxy) is 1. The fourth-order valence-corrected chi connectivity index (χ4v) is 2.06. The molecule has 0 aliphatic rings. The standard InChI is InChI=1S/C13H13BrN2O3/c1-16-8-9(7-15-16)4-5-19-10-2-3-12(14)11(6-10)13(17)18/h2-3,6-8H,4-5H2,1H3,(H,17,18). The molecule has 1 aromatic carbocycles. The minimum atomic E-state index is -0.982. The van der Waals surface area contributed by atoms with E-state index in [1.807, 2.05) is 13.2 Å². The highest BCUT2D eigenvalue weighted by atomic mass is 79.9. The lowest BCUT2D eigenvalue weighted by Crippen LogP contribution is -2.03. The average Bonchev–Trinajstić information content (AvgIpc) is 2.77. The van der Waals surface area contributed by atoms with Gasteiger partial charge in [-0.1, -0.05) is 0 Å². The highest BCUT2D eigenvalue weighted by Crippen LogP contribution is 2.22. The molecule has 0 spiro atoms. The molecule has 19 heavy (non-hydrogen) atoms. The van der Waals surface area contributed by atoms with Gasteiger partial charge >= 0.3 is 5.97 Å². The van der Waals surface area contributed by atoms with Crippen LogP contribution in [0.5, 0.6) is 5.75 Å². The van der Waals surface area contributed by atoms with Crippen LogP contribution in [-0.2, 0) is 13.5 Å². The topological polar surface area (TPSA) is 64.3 Å². The smallest absolute Gasteiger partial charge is 0.336 e. The van der Waals surface area contributed by atoms with Crippen molar-refractivity contribution in [3.05, 3.63) is 46.2 Å². The van der Waals surface area contributed by atoms with Crippen LogP contribution in [0.1, 0.15) is 15.9 Å². The van der Waals surface area contributed by atoms with E-state index in [1.54, 1.807) is 23.0 Å². The first-order chi connectivity index (χ1) is 9.06. The summed E-state index contributed by atoms with van der Waals surface area (Å²) in [6.45, 7) is 0.479. The molecule has 0 amide bonds. The van der Waals surface area contributed by atoms with Crippen LogP contribution in [0.25, 0.3) is 0 Å². The summed E-state index contributed by atoms with van der Waals surface area (Å²) >= 11 is 3.19. The maximum atomic E-state index is 11.0. The highest BCUT2D eigenvalue weighted by molar-refractivity contribution is 9.10. The van der Waals surface area contributed by atoms with Crippen molar-refractivity contribution in [2.24, 2.45) is 7.05 Å². The third-order valence-electron chi connectivity index (χ3n) is 2.59. The number of aryl methyl sites for hydroxylation is 1. The van der Waals surface area contributed by atoms with Gasteiger partial charge in [-0.05, 0) is 39.7 Å². The van der Waals surface area contributed by atoms with Gasteiger partial charge in [0.25, 0.3) is 0 Å². The lowest BCUT2D eigenvalue weighted by Gasteiger charge is -2.07. The Bertz CT molecular complexity index is 595. The molecule has 0 atom stereocenters. The molecule has 1 aromatic heterocycles. The molecule has 0 unspecified atom stereocenters. The van der Waals surface area contributed by atoms with Crippen LogP contribution in [0.2, 0.25) is 0 Å². The van der Waals surface area contributed by atoms with E-state index in [9.17, 15) is 4.79 Å². The molecule has 100 valence electrons. The van der Waals surface area contributed by atoms with Crippen LogP contribution in [0, 0.1) is 0 Å². The first kappa shape index (κ1) is 13.6. The third kappa shape index (κ3) is 3.57. The van der Waals surface area contributed by atoms with Crippen LogP contribution in [-0.4, -0.2) is 27.5 Å². The molecular formula is C13H13BrN2O3. The van der Waals surface area contributed by atoms with Crippen molar-refractivity contribution in [3.63, 3.8) is 0 Å². The Kier molecular flexibility index (Phi) is 4.21. The predicted octanol–water partition coefficient (Wildman–Crippen LogP) is 2.50. The molecule has 0 saturated carbocycles. The van der Waals surface area contributed by atoms with E-state index in [1.165, 1.54) is 6.07 Å². The molecule has 2 aromatic rings. The molecule has 1 heterocycles. The van der Waals surface area contributed by atoms with Crippen molar-refractivity contribution in [1.82, 2.24) is 9.78 Å². The third-order valence-corrected chi connectivity index (χ3v) is 3.28. The molecule has 5 nitrogen and oxygen atoms in total. The van der Waals surface area contributed by atoms with E-state index < -0.39 is 5.97 Å². The Morgan fingerprint density at radius 1 is 1.53 bits per heavy atom. The van der Waals surface area contributed by atoms with E-state index in [4.69, 9.17) is 9.84 Å². The Morgan fingerprint density at radius 2 is 2.32 bits per heavy atom. The lowest BCUT2D eigenvalue weighted by atomic mass is 10.2. The molecule has 0 bridgehead atoms. The van der Waals surface area contributed by atoms with Crippen LogP contribution < -0.4 is 4.74 Å². The number of hydrogen-bond donors (Lipinski definition) is 1. The van der Waals surface area contributed by atoms with Crippen molar-refractivity contribution in [1.29, 1.82) is 0 Å². The maximum absolute atomic E-state index is 11.0. The zero-order valence-electron chi connectivity index (χ0n) is 10.3. The molecule has 0 aliphatic carbocycles. The highest BCUT2D eigenvalue weighted by Gasteiger charge is 2.09. The van der Waals surface area contributed by atoms with Gasteiger partial charge in [-0.15, -0.1) is 0 Å². The van der Waals surface area contributed by atoms with Crippen LogP contribution in [0.3, 0.4) is 0 Å². The number of rotatable bonds is 5. The van der Waals surface area contributed by atoms with Crippen molar-refractivity contribution >= 4 is 21.9 Å². The summed E-state index contributed by atoms with van der Waals surface area (Å²) in [6.07, 6.45) is 4.44. The number of aromatic carboxylic acids is 1. The first-order valence-corrected chi connectivity index (χ1v) is 6.49. The lowest BCUT2D eigenvalue weighted by molar-refractivity contribution is 0.0695. The minimum absolute atomic E-state index is 0.193. The van der Waals surface area contributed by atoms with Crippen LogP contribution in [0.4, 0.5) is 0 Å². The van der Waals surface area contributed by atoms with Gasteiger partial charge in [0.1, 0.15) is 5.75 Å². The predicted molar refractivity (Wildman–Crippen MR) is 73.5 cm³/mol. The van der Waals surface area contributed by atoms with Gasteiger partial charge in [-0.3, -0.25) is 4.68 Å². The van der Waals surface area contributed by atoms with Crippen LogP contribution >= 0.6 is 15.9 Å².